The second kappa shape index (κ2) is 6.75. The highest BCUT2D eigenvalue weighted by Crippen LogP contribution is 2.27. The molecule has 0 bridgehead atoms. The van der Waals surface area contributed by atoms with Crippen LogP contribution in [0.5, 0.6) is 0 Å². The molecule has 0 aliphatic heterocycles. The molecule has 0 radical (unpaired) electrons. The van der Waals surface area contributed by atoms with Gasteiger partial charge >= 0.3 is 0 Å². The van der Waals surface area contributed by atoms with Gasteiger partial charge in [0.25, 0.3) is 5.56 Å². The fraction of sp³-hybridized carbons (Fsp3) is 0.571. The predicted molar refractivity (Wildman–Crippen MR) is 78.8 cm³/mol. The SMILES string of the molecule is C=CCn1ncc(NCCC2CCCC2)c(Cl)c1=O. The first kappa shape index (κ1) is 14.1. The van der Waals surface area contributed by atoms with Crippen LogP contribution in [0.2, 0.25) is 5.02 Å². The number of aromatic nitrogens is 2. The molecule has 1 N–H and O–H groups in total. The molecule has 1 aromatic rings. The summed E-state index contributed by atoms with van der Waals surface area (Å²) < 4.78 is 1.30. The van der Waals surface area contributed by atoms with Gasteiger partial charge in [0, 0.05) is 6.54 Å². The fourth-order valence-electron chi connectivity index (χ4n) is 2.55. The third-order valence-corrected chi connectivity index (χ3v) is 3.99. The molecule has 0 amide bonds. The second-order valence-electron chi connectivity index (χ2n) is 5.01. The number of nitrogens with one attached hydrogen (secondary N) is 1. The van der Waals surface area contributed by atoms with Crippen molar-refractivity contribution in [3.05, 3.63) is 34.2 Å². The van der Waals surface area contributed by atoms with E-state index < -0.39 is 0 Å². The lowest BCUT2D eigenvalue weighted by molar-refractivity contribution is 0.518. The van der Waals surface area contributed by atoms with Crippen LogP contribution < -0.4 is 10.9 Å². The molecule has 1 aliphatic carbocycles. The lowest BCUT2D eigenvalue weighted by Gasteiger charge is -2.12. The van der Waals surface area contributed by atoms with Crippen LogP contribution >= 0.6 is 11.6 Å². The zero-order valence-corrected chi connectivity index (χ0v) is 11.8. The average molecular weight is 282 g/mol. The van der Waals surface area contributed by atoms with E-state index in [-0.39, 0.29) is 10.6 Å². The summed E-state index contributed by atoms with van der Waals surface area (Å²) in [5.41, 5.74) is 0.359. The van der Waals surface area contributed by atoms with E-state index in [1.54, 1.807) is 12.3 Å². The lowest BCUT2D eigenvalue weighted by atomic mass is 10.0. The van der Waals surface area contributed by atoms with E-state index in [0.29, 0.717) is 12.2 Å². The fourth-order valence-corrected chi connectivity index (χ4v) is 2.76. The molecule has 1 fully saturated rings. The average Bonchev–Trinajstić information content (AvgIpc) is 2.91. The number of rotatable bonds is 6. The van der Waals surface area contributed by atoms with Gasteiger partial charge in [-0.05, 0) is 12.3 Å². The highest BCUT2D eigenvalue weighted by atomic mass is 35.5. The summed E-state index contributed by atoms with van der Waals surface area (Å²) in [5.74, 6) is 0.820. The van der Waals surface area contributed by atoms with Crippen molar-refractivity contribution in [3.8, 4) is 0 Å². The number of anilines is 1. The third-order valence-electron chi connectivity index (χ3n) is 3.63. The summed E-state index contributed by atoms with van der Waals surface area (Å²) in [5, 5.41) is 7.49. The summed E-state index contributed by atoms with van der Waals surface area (Å²) in [6.45, 7) is 4.80. The summed E-state index contributed by atoms with van der Waals surface area (Å²) in [7, 11) is 0. The highest BCUT2D eigenvalue weighted by Gasteiger charge is 2.15. The molecule has 1 aliphatic rings. The van der Waals surface area contributed by atoms with Gasteiger partial charge in [0.2, 0.25) is 0 Å². The van der Waals surface area contributed by atoms with Crippen LogP contribution in [-0.4, -0.2) is 16.3 Å². The van der Waals surface area contributed by atoms with Gasteiger partial charge in [-0.1, -0.05) is 43.4 Å². The van der Waals surface area contributed by atoms with Crippen LogP contribution in [0.25, 0.3) is 0 Å². The molecule has 104 valence electrons. The molecule has 19 heavy (non-hydrogen) atoms. The van der Waals surface area contributed by atoms with Gasteiger partial charge in [-0.15, -0.1) is 6.58 Å². The zero-order valence-electron chi connectivity index (χ0n) is 11.1. The molecule has 1 aromatic heterocycles. The summed E-state index contributed by atoms with van der Waals surface area (Å²) >= 11 is 6.06. The lowest BCUT2D eigenvalue weighted by Crippen LogP contribution is -2.24. The first-order valence-electron chi connectivity index (χ1n) is 6.82. The van der Waals surface area contributed by atoms with Crippen molar-refractivity contribution in [2.45, 2.75) is 38.6 Å². The summed E-state index contributed by atoms with van der Waals surface area (Å²) in [6.07, 6.45) is 9.73. The molecule has 2 rings (SSSR count). The van der Waals surface area contributed by atoms with E-state index in [1.165, 1.54) is 30.4 Å². The molecule has 4 nitrogen and oxygen atoms in total. The van der Waals surface area contributed by atoms with E-state index in [1.807, 2.05) is 0 Å². The Morgan fingerprint density at radius 1 is 1.53 bits per heavy atom. The monoisotopic (exact) mass is 281 g/mol. The molecular formula is C14H20ClN3O. The molecule has 0 unspecified atom stereocenters. The largest absolute Gasteiger partial charge is 0.382 e. The second-order valence-corrected chi connectivity index (χ2v) is 5.39. The Bertz CT molecular complexity index is 492. The zero-order chi connectivity index (χ0) is 13.7. The Morgan fingerprint density at radius 2 is 2.26 bits per heavy atom. The van der Waals surface area contributed by atoms with Crippen molar-refractivity contribution in [2.75, 3.05) is 11.9 Å². The van der Waals surface area contributed by atoms with Gasteiger partial charge in [-0.3, -0.25) is 4.79 Å². The smallest absolute Gasteiger partial charge is 0.287 e. The molecule has 0 atom stereocenters. The van der Waals surface area contributed by atoms with E-state index in [9.17, 15) is 4.79 Å². The van der Waals surface area contributed by atoms with Gasteiger partial charge in [0.05, 0.1) is 18.4 Å². The third kappa shape index (κ3) is 3.60. The Hall–Kier alpha value is -1.29. The van der Waals surface area contributed by atoms with Gasteiger partial charge in [-0.25, -0.2) is 4.68 Å². The Kier molecular flexibility index (Phi) is 5.02. The minimum atomic E-state index is -0.271. The first-order chi connectivity index (χ1) is 9.22. The maximum absolute atomic E-state index is 11.9. The molecule has 0 aromatic carbocycles. The van der Waals surface area contributed by atoms with Crippen molar-refractivity contribution >= 4 is 17.3 Å². The first-order valence-corrected chi connectivity index (χ1v) is 7.20. The van der Waals surface area contributed by atoms with Crippen molar-refractivity contribution in [1.29, 1.82) is 0 Å². The van der Waals surface area contributed by atoms with Gasteiger partial charge in [0.15, 0.2) is 0 Å². The van der Waals surface area contributed by atoms with Crippen LogP contribution in [0.3, 0.4) is 0 Å². The maximum Gasteiger partial charge on any atom is 0.287 e. The minimum absolute atomic E-state index is 0.211. The quantitative estimate of drug-likeness (QED) is 0.815. The van der Waals surface area contributed by atoms with Gasteiger partial charge < -0.3 is 5.32 Å². The van der Waals surface area contributed by atoms with Crippen LogP contribution in [0.4, 0.5) is 5.69 Å². The molecule has 5 heteroatoms. The predicted octanol–water partition coefficient (Wildman–Crippen LogP) is 3.07. The van der Waals surface area contributed by atoms with E-state index >= 15 is 0 Å². The number of hydrogen-bond acceptors (Lipinski definition) is 3. The van der Waals surface area contributed by atoms with Crippen molar-refractivity contribution in [3.63, 3.8) is 0 Å². The van der Waals surface area contributed by atoms with Gasteiger partial charge in [-0.2, -0.15) is 5.10 Å². The summed E-state index contributed by atoms with van der Waals surface area (Å²) in [6, 6.07) is 0. The molecule has 1 heterocycles. The highest BCUT2D eigenvalue weighted by molar-refractivity contribution is 6.32. The van der Waals surface area contributed by atoms with Crippen molar-refractivity contribution in [1.82, 2.24) is 9.78 Å². The normalized spacial score (nSPS) is 15.6. The Labute approximate surface area is 118 Å². The van der Waals surface area contributed by atoms with Gasteiger partial charge in [0.1, 0.15) is 5.02 Å². The van der Waals surface area contributed by atoms with Crippen molar-refractivity contribution in [2.24, 2.45) is 5.92 Å². The Balaban J connectivity index is 1.94. The van der Waals surface area contributed by atoms with E-state index in [2.05, 4.69) is 17.0 Å². The number of hydrogen-bond donors (Lipinski definition) is 1. The topological polar surface area (TPSA) is 46.9 Å². The van der Waals surface area contributed by atoms with Crippen molar-refractivity contribution < 1.29 is 0 Å². The summed E-state index contributed by atoms with van der Waals surface area (Å²) in [4.78, 5) is 11.9. The Morgan fingerprint density at radius 3 is 2.95 bits per heavy atom. The number of nitrogens with zero attached hydrogens (tertiary/aromatic N) is 2. The molecular weight excluding hydrogens is 262 g/mol. The van der Waals surface area contributed by atoms with Crippen LogP contribution in [0, 0.1) is 5.92 Å². The molecule has 1 saturated carbocycles. The minimum Gasteiger partial charge on any atom is -0.382 e. The number of halogens is 1. The maximum atomic E-state index is 11.9. The van der Waals surface area contributed by atoms with Crippen LogP contribution in [0.15, 0.2) is 23.6 Å². The van der Waals surface area contributed by atoms with Crippen LogP contribution in [0.1, 0.15) is 32.1 Å². The molecule has 0 spiro atoms. The van der Waals surface area contributed by atoms with Crippen LogP contribution in [-0.2, 0) is 6.54 Å². The standard InChI is InChI=1S/C14H20ClN3O/c1-2-9-18-14(19)13(15)12(10-17-18)16-8-7-11-5-3-4-6-11/h2,10-11,16H,1,3-9H2. The van der Waals surface area contributed by atoms with E-state index in [0.717, 1.165) is 18.9 Å². The number of allylic oxidation sites excluding steroid dienone is 1. The van der Waals surface area contributed by atoms with E-state index in [4.69, 9.17) is 11.6 Å². The molecule has 0 saturated heterocycles.